The zero-order valence-electron chi connectivity index (χ0n) is 10.6. The summed E-state index contributed by atoms with van der Waals surface area (Å²) in [5.74, 6) is 0.486. The lowest BCUT2D eigenvalue weighted by Gasteiger charge is -2.11. The van der Waals surface area contributed by atoms with E-state index >= 15 is 0 Å². The average Bonchev–Trinajstić information content (AvgIpc) is 3.17. The summed E-state index contributed by atoms with van der Waals surface area (Å²) in [6.07, 6.45) is 3.42. The predicted octanol–water partition coefficient (Wildman–Crippen LogP) is 1.62. The smallest absolute Gasteiger partial charge is 0.319 e. The van der Waals surface area contributed by atoms with Crippen LogP contribution in [0, 0.1) is 5.92 Å². The Morgan fingerprint density at radius 1 is 1.39 bits per heavy atom. The summed E-state index contributed by atoms with van der Waals surface area (Å²) in [7, 11) is 0. The molecule has 0 aliphatic heterocycles. The van der Waals surface area contributed by atoms with E-state index in [-0.39, 0.29) is 17.8 Å². The summed E-state index contributed by atoms with van der Waals surface area (Å²) in [6.45, 7) is 4.66. The quantitative estimate of drug-likeness (QED) is 0.831. The fourth-order valence-corrected chi connectivity index (χ4v) is 1.46. The van der Waals surface area contributed by atoms with Gasteiger partial charge in [0.15, 0.2) is 0 Å². The number of nitrogens with zero attached hydrogens (tertiary/aromatic N) is 2. The number of nitrogens with one attached hydrogen (secondary N) is 1. The highest BCUT2D eigenvalue weighted by molar-refractivity contribution is 5.94. The topological polar surface area (TPSA) is 73.3 Å². The third-order valence-corrected chi connectivity index (χ3v) is 2.49. The molecule has 18 heavy (non-hydrogen) atoms. The van der Waals surface area contributed by atoms with Crippen molar-refractivity contribution in [1.29, 1.82) is 0 Å². The molecule has 1 saturated carbocycles. The number of carbonyl (C=O) groups is 1. The van der Waals surface area contributed by atoms with Crippen molar-refractivity contribution in [3.05, 3.63) is 6.20 Å². The second-order valence-electron chi connectivity index (χ2n) is 4.00. The van der Waals surface area contributed by atoms with Gasteiger partial charge >= 0.3 is 6.01 Å². The van der Waals surface area contributed by atoms with Crippen LogP contribution in [0.5, 0.6) is 11.9 Å². The Kier molecular flexibility index (Phi) is 3.96. The van der Waals surface area contributed by atoms with Gasteiger partial charge in [0.25, 0.3) is 0 Å². The Bertz CT molecular complexity index is 433. The standard InChI is InChI=1S/C12H17N3O3/c1-3-17-11-9(14-10(16)8-5-6-8)7-13-12(15-11)18-4-2/h7-8H,3-6H2,1-2H3,(H,14,16). The highest BCUT2D eigenvalue weighted by Crippen LogP contribution is 2.31. The molecule has 1 fully saturated rings. The van der Waals surface area contributed by atoms with E-state index in [9.17, 15) is 4.79 Å². The van der Waals surface area contributed by atoms with E-state index < -0.39 is 0 Å². The Hall–Kier alpha value is -1.85. The normalized spacial score (nSPS) is 14.1. The summed E-state index contributed by atoms with van der Waals surface area (Å²) in [5.41, 5.74) is 0.497. The van der Waals surface area contributed by atoms with Crippen molar-refractivity contribution in [2.45, 2.75) is 26.7 Å². The molecule has 1 aliphatic carbocycles. The first-order valence-corrected chi connectivity index (χ1v) is 6.18. The van der Waals surface area contributed by atoms with Gasteiger partial charge in [-0.15, -0.1) is 0 Å². The van der Waals surface area contributed by atoms with Crippen molar-refractivity contribution < 1.29 is 14.3 Å². The number of hydrogen-bond donors (Lipinski definition) is 1. The lowest BCUT2D eigenvalue weighted by Crippen LogP contribution is -2.15. The van der Waals surface area contributed by atoms with E-state index in [1.165, 1.54) is 6.20 Å². The molecule has 1 heterocycles. The maximum atomic E-state index is 11.7. The zero-order valence-corrected chi connectivity index (χ0v) is 10.6. The second kappa shape index (κ2) is 5.66. The number of amides is 1. The van der Waals surface area contributed by atoms with E-state index in [2.05, 4.69) is 15.3 Å². The van der Waals surface area contributed by atoms with Gasteiger partial charge < -0.3 is 14.8 Å². The van der Waals surface area contributed by atoms with Crippen LogP contribution in [0.3, 0.4) is 0 Å². The van der Waals surface area contributed by atoms with Crippen molar-refractivity contribution in [2.75, 3.05) is 18.5 Å². The molecular weight excluding hydrogens is 234 g/mol. The maximum absolute atomic E-state index is 11.7. The summed E-state index contributed by atoms with van der Waals surface area (Å²) >= 11 is 0. The van der Waals surface area contributed by atoms with Crippen molar-refractivity contribution in [2.24, 2.45) is 5.92 Å². The molecule has 1 N–H and O–H groups in total. The molecule has 6 nitrogen and oxygen atoms in total. The number of rotatable bonds is 6. The number of anilines is 1. The summed E-state index contributed by atoms with van der Waals surface area (Å²) < 4.78 is 10.6. The van der Waals surface area contributed by atoms with Gasteiger partial charge in [0.2, 0.25) is 11.8 Å². The largest absolute Gasteiger partial charge is 0.476 e. The Morgan fingerprint density at radius 3 is 2.72 bits per heavy atom. The fourth-order valence-electron chi connectivity index (χ4n) is 1.46. The minimum Gasteiger partial charge on any atom is -0.476 e. The van der Waals surface area contributed by atoms with E-state index in [1.807, 2.05) is 13.8 Å². The molecule has 0 unspecified atom stereocenters. The monoisotopic (exact) mass is 251 g/mol. The fraction of sp³-hybridized carbons (Fsp3) is 0.583. The first-order valence-electron chi connectivity index (χ1n) is 6.18. The molecule has 1 aliphatic rings. The first-order chi connectivity index (χ1) is 8.74. The average molecular weight is 251 g/mol. The molecule has 0 bridgehead atoms. The molecule has 0 atom stereocenters. The number of hydrogen-bond acceptors (Lipinski definition) is 5. The van der Waals surface area contributed by atoms with Gasteiger partial charge in [-0.1, -0.05) is 0 Å². The van der Waals surface area contributed by atoms with Crippen LogP contribution in [-0.4, -0.2) is 29.1 Å². The van der Waals surface area contributed by atoms with E-state index in [1.54, 1.807) is 0 Å². The van der Waals surface area contributed by atoms with E-state index in [0.717, 1.165) is 12.8 Å². The second-order valence-corrected chi connectivity index (χ2v) is 4.00. The van der Waals surface area contributed by atoms with Crippen LogP contribution in [0.1, 0.15) is 26.7 Å². The first kappa shape index (κ1) is 12.6. The molecular formula is C12H17N3O3. The van der Waals surface area contributed by atoms with Crippen LogP contribution in [0.4, 0.5) is 5.69 Å². The van der Waals surface area contributed by atoms with Crippen molar-refractivity contribution >= 4 is 11.6 Å². The Labute approximate surface area is 106 Å². The van der Waals surface area contributed by atoms with Gasteiger partial charge in [-0.25, -0.2) is 4.98 Å². The SMILES string of the molecule is CCOc1ncc(NC(=O)C2CC2)c(OCC)n1. The third kappa shape index (κ3) is 3.09. The molecule has 1 aromatic heterocycles. The summed E-state index contributed by atoms with van der Waals surface area (Å²) in [6, 6.07) is 0.255. The zero-order chi connectivity index (χ0) is 13.0. The Balaban J connectivity index is 2.13. The summed E-state index contributed by atoms with van der Waals surface area (Å²) in [4.78, 5) is 19.8. The lowest BCUT2D eigenvalue weighted by atomic mass is 10.3. The number of ether oxygens (including phenoxy) is 2. The molecule has 2 rings (SSSR count). The molecule has 6 heteroatoms. The van der Waals surface area contributed by atoms with Crippen LogP contribution in [0.25, 0.3) is 0 Å². The molecule has 0 saturated heterocycles. The minimum absolute atomic E-state index is 0.00344. The van der Waals surface area contributed by atoms with Crippen LogP contribution < -0.4 is 14.8 Å². The molecule has 0 spiro atoms. The summed E-state index contributed by atoms with van der Waals surface area (Å²) in [5, 5.41) is 2.78. The van der Waals surface area contributed by atoms with Crippen molar-refractivity contribution in [1.82, 2.24) is 9.97 Å². The van der Waals surface area contributed by atoms with Gasteiger partial charge in [0.05, 0.1) is 19.4 Å². The molecule has 1 amide bonds. The van der Waals surface area contributed by atoms with Crippen LogP contribution in [0.15, 0.2) is 6.20 Å². The molecule has 0 aromatic carbocycles. The lowest BCUT2D eigenvalue weighted by molar-refractivity contribution is -0.117. The van der Waals surface area contributed by atoms with Gasteiger partial charge in [-0.3, -0.25) is 4.79 Å². The van der Waals surface area contributed by atoms with Gasteiger partial charge in [0.1, 0.15) is 5.69 Å². The highest BCUT2D eigenvalue weighted by atomic mass is 16.5. The molecule has 1 aromatic rings. The van der Waals surface area contributed by atoms with Crippen LogP contribution >= 0.6 is 0 Å². The number of carbonyl (C=O) groups excluding carboxylic acids is 1. The molecule has 0 radical (unpaired) electrons. The molecule has 98 valence electrons. The van der Waals surface area contributed by atoms with Gasteiger partial charge in [-0.05, 0) is 26.7 Å². The van der Waals surface area contributed by atoms with Gasteiger partial charge in [-0.2, -0.15) is 4.98 Å². The van der Waals surface area contributed by atoms with E-state index in [0.29, 0.717) is 24.8 Å². The maximum Gasteiger partial charge on any atom is 0.319 e. The van der Waals surface area contributed by atoms with Crippen molar-refractivity contribution in [3.8, 4) is 11.9 Å². The van der Waals surface area contributed by atoms with Crippen LogP contribution in [-0.2, 0) is 4.79 Å². The van der Waals surface area contributed by atoms with Gasteiger partial charge in [0, 0.05) is 5.92 Å². The highest BCUT2D eigenvalue weighted by Gasteiger charge is 2.30. The predicted molar refractivity (Wildman–Crippen MR) is 65.7 cm³/mol. The Morgan fingerprint density at radius 2 is 2.11 bits per heavy atom. The van der Waals surface area contributed by atoms with E-state index in [4.69, 9.17) is 9.47 Å². The van der Waals surface area contributed by atoms with Crippen molar-refractivity contribution in [3.63, 3.8) is 0 Å². The number of aromatic nitrogens is 2. The minimum atomic E-state index is 0.00344. The van der Waals surface area contributed by atoms with Crippen LogP contribution in [0.2, 0.25) is 0 Å². The third-order valence-electron chi connectivity index (χ3n) is 2.49.